The van der Waals surface area contributed by atoms with Gasteiger partial charge in [-0.2, -0.15) is 5.10 Å². The second-order valence-electron chi connectivity index (χ2n) is 6.82. The molecule has 1 aliphatic carbocycles. The molecule has 0 radical (unpaired) electrons. The molecule has 2 amide bonds. The van der Waals surface area contributed by atoms with Gasteiger partial charge in [-0.05, 0) is 55.9 Å². The number of hydrogen-bond acceptors (Lipinski definition) is 6. The minimum absolute atomic E-state index is 0.223. The second kappa shape index (κ2) is 10.7. The van der Waals surface area contributed by atoms with Crippen LogP contribution in [0.5, 0.6) is 0 Å². The molecule has 0 saturated carbocycles. The normalized spacial score (nSPS) is 13.4. The van der Waals surface area contributed by atoms with E-state index in [1.54, 1.807) is 25.1 Å². The van der Waals surface area contributed by atoms with Crippen LogP contribution in [-0.2, 0) is 27.2 Å². The number of nitrogens with one attached hydrogen (secondary N) is 2. The Bertz CT molecular complexity index is 1040. The van der Waals surface area contributed by atoms with E-state index in [1.807, 2.05) is 0 Å². The van der Waals surface area contributed by atoms with Crippen LogP contribution in [-0.4, -0.2) is 30.6 Å². The largest absolute Gasteiger partial charge is 0.462 e. The van der Waals surface area contributed by atoms with Crippen molar-refractivity contribution < 1.29 is 19.1 Å². The molecule has 164 valence electrons. The third-order valence-electron chi connectivity index (χ3n) is 4.66. The molecule has 7 nitrogen and oxygen atoms in total. The predicted octanol–water partition coefficient (Wildman–Crippen LogP) is 4.59. The van der Waals surface area contributed by atoms with Crippen molar-refractivity contribution in [2.45, 2.75) is 39.0 Å². The summed E-state index contributed by atoms with van der Waals surface area (Å²) >= 11 is 13.1. The molecule has 3 rings (SSSR count). The van der Waals surface area contributed by atoms with E-state index < -0.39 is 17.8 Å². The summed E-state index contributed by atoms with van der Waals surface area (Å²) in [6.07, 6.45) is 5.99. The standard InChI is InChI=1S/C21H21Cl2N3O4S/c1-2-30-21(29)17-13-6-4-3-5-7-16(13)31-20(17)25-18(27)19(28)26-24-11-12-8-9-14(22)15(23)10-12/h8-11H,2-7H2,1H3,(H,25,27)(H,26,28)/b24-11+. The molecular weight excluding hydrogens is 461 g/mol. The molecule has 2 N–H and O–H groups in total. The van der Waals surface area contributed by atoms with Crippen LogP contribution in [0.2, 0.25) is 10.0 Å². The van der Waals surface area contributed by atoms with Gasteiger partial charge >= 0.3 is 17.8 Å². The van der Waals surface area contributed by atoms with Crippen LogP contribution < -0.4 is 10.7 Å². The van der Waals surface area contributed by atoms with Crippen LogP contribution in [0.15, 0.2) is 23.3 Å². The van der Waals surface area contributed by atoms with Crippen molar-refractivity contribution in [3.05, 3.63) is 49.8 Å². The number of hydrazone groups is 1. The number of fused-ring (bicyclic) bond motifs is 1. The molecule has 10 heteroatoms. The van der Waals surface area contributed by atoms with Crippen LogP contribution in [0.1, 0.15) is 52.5 Å². The molecule has 0 spiro atoms. The molecule has 1 aromatic heterocycles. The van der Waals surface area contributed by atoms with Crippen molar-refractivity contribution >= 4 is 63.5 Å². The highest BCUT2D eigenvalue weighted by atomic mass is 35.5. The number of amides is 2. The fraction of sp³-hybridized carbons (Fsp3) is 0.333. The van der Waals surface area contributed by atoms with E-state index in [1.165, 1.54) is 17.6 Å². The highest BCUT2D eigenvalue weighted by Gasteiger charge is 2.27. The Morgan fingerprint density at radius 2 is 1.90 bits per heavy atom. The number of ether oxygens (including phenoxy) is 1. The van der Waals surface area contributed by atoms with E-state index in [-0.39, 0.29) is 6.61 Å². The Hall–Kier alpha value is -2.42. The molecule has 2 aromatic rings. The average molecular weight is 482 g/mol. The van der Waals surface area contributed by atoms with E-state index in [0.717, 1.165) is 42.5 Å². The number of carbonyl (C=O) groups is 3. The van der Waals surface area contributed by atoms with E-state index in [2.05, 4.69) is 15.8 Å². The van der Waals surface area contributed by atoms with Crippen LogP contribution in [0, 0.1) is 0 Å². The molecule has 1 aliphatic rings. The molecule has 0 atom stereocenters. The Kier molecular flexibility index (Phi) is 8.06. The van der Waals surface area contributed by atoms with Gasteiger partial charge in [-0.15, -0.1) is 11.3 Å². The Balaban J connectivity index is 1.71. The van der Waals surface area contributed by atoms with Gasteiger partial charge in [-0.3, -0.25) is 9.59 Å². The predicted molar refractivity (Wildman–Crippen MR) is 122 cm³/mol. The lowest BCUT2D eigenvalue weighted by Gasteiger charge is -2.08. The van der Waals surface area contributed by atoms with Crippen LogP contribution in [0.3, 0.4) is 0 Å². The monoisotopic (exact) mass is 481 g/mol. The summed E-state index contributed by atoms with van der Waals surface area (Å²) in [5.41, 5.74) is 4.02. The van der Waals surface area contributed by atoms with Gasteiger partial charge in [-0.25, -0.2) is 10.2 Å². The quantitative estimate of drug-likeness (QED) is 0.214. The van der Waals surface area contributed by atoms with Gasteiger partial charge in [0.1, 0.15) is 5.00 Å². The number of carbonyl (C=O) groups excluding carboxylic acids is 3. The first kappa shape index (κ1) is 23.2. The summed E-state index contributed by atoms with van der Waals surface area (Å²) < 4.78 is 5.18. The average Bonchev–Trinajstić information content (AvgIpc) is 2.91. The Morgan fingerprint density at radius 1 is 1.13 bits per heavy atom. The molecule has 0 unspecified atom stereocenters. The number of hydrogen-bond donors (Lipinski definition) is 2. The lowest BCUT2D eigenvalue weighted by molar-refractivity contribution is -0.136. The number of anilines is 1. The van der Waals surface area contributed by atoms with Gasteiger partial charge in [0.2, 0.25) is 0 Å². The van der Waals surface area contributed by atoms with E-state index >= 15 is 0 Å². The number of esters is 1. The first-order valence-electron chi connectivity index (χ1n) is 9.81. The van der Waals surface area contributed by atoms with Crippen LogP contribution >= 0.6 is 34.5 Å². The fourth-order valence-corrected chi connectivity index (χ4v) is 4.80. The molecule has 1 aromatic carbocycles. The van der Waals surface area contributed by atoms with Gasteiger partial charge in [-0.1, -0.05) is 35.7 Å². The highest BCUT2D eigenvalue weighted by molar-refractivity contribution is 7.17. The first-order valence-corrected chi connectivity index (χ1v) is 11.4. The van der Waals surface area contributed by atoms with Crippen molar-refractivity contribution in [3.63, 3.8) is 0 Å². The minimum Gasteiger partial charge on any atom is -0.462 e. The molecule has 31 heavy (non-hydrogen) atoms. The van der Waals surface area contributed by atoms with Crippen molar-refractivity contribution in [1.82, 2.24) is 5.43 Å². The van der Waals surface area contributed by atoms with E-state index in [4.69, 9.17) is 27.9 Å². The zero-order chi connectivity index (χ0) is 22.4. The summed E-state index contributed by atoms with van der Waals surface area (Å²) in [5.74, 6) is -2.38. The van der Waals surface area contributed by atoms with Gasteiger partial charge in [0.25, 0.3) is 0 Å². The van der Waals surface area contributed by atoms with Gasteiger partial charge in [0.05, 0.1) is 28.4 Å². The number of rotatable bonds is 5. The number of benzene rings is 1. The van der Waals surface area contributed by atoms with Crippen molar-refractivity contribution in [3.8, 4) is 0 Å². The van der Waals surface area contributed by atoms with Crippen LogP contribution in [0.4, 0.5) is 5.00 Å². The lowest BCUT2D eigenvalue weighted by Crippen LogP contribution is -2.32. The Morgan fingerprint density at radius 3 is 2.65 bits per heavy atom. The van der Waals surface area contributed by atoms with Crippen molar-refractivity contribution in [2.24, 2.45) is 5.10 Å². The second-order valence-corrected chi connectivity index (χ2v) is 8.74. The van der Waals surface area contributed by atoms with Gasteiger partial charge < -0.3 is 10.1 Å². The minimum atomic E-state index is -0.963. The zero-order valence-corrected chi connectivity index (χ0v) is 19.1. The number of thiophene rings is 1. The maximum Gasteiger partial charge on any atom is 0.341 e. The van der Waals surface area contributed by atoms with Crippen LogP contribution in [0.25, 0.3) is 0 Å². The first-order chi connectivity index (χ1) is 14.9. The zero-order valence-electron chi connectivity index (χ0n) is 16.8. The van der Waals surface area contributed by atoms with E-state index in [0.29, 0.717) is 26.2 Å². The summed E-state index contributed by atoms with van der Waals surface area (Å²) in [4.78, 5) is 38.1. The summed E-state index contributed by atoms with van der Waals surface area (Å²) in [6, 6.07) is 4.83. The van der Waals surface area contributed by atoms with Crippen molar-refractivity contribution in [1.29, 1.82) is 0 Å². The topological polar surface area (TPSA) is 96.9 Å². The lowest BCUT2D eigenvalue weighted by atomic mass is 10.1. The molecule has 0 fully saturated rings. The molecule has 0 aliphatic heterocycles. The van der Waals surface area contributed by atoms with E-state index in [9.17, 15) is 14.4 Å². The fourth-order valence-electron chi connectivity index (χ4n) is 3.22. The summed E-state index contributed by atoms with van der Waals surface area (Å²) in [7, 11) is 0. The SMILES string of the molecule is CCOC(=O)c1c(NC(=O)C(=O)N/N=C/c2ccc(Cl)c(Cl)c2)sc2c1CCCCC2. The van der Waals surface area contributed by atoms with Gasteiger partial charge in [0, 0.05) is 4.88 Å². The molecule has 1 heterocycles. The van der Waals surface area contributed by atoms with Crippen molar-refractivity contribution in [2.75, 3.05) is 11.9 Å². The maximum absolute atomic E-state index is 12.5. The highest BCUT2D eigenvalue weighted by Crippen LogP contribution is 2.38. The number of aryl methyl sites for hydroxylation is 1. The summed E-state index contributed by atoms with van der Waals surface area (Å²) in [6.45, 7) is 1.95. The maximum atomic E-state index is 12.5. The molecule has 0 saturated heterocycles. The summed E-state index contributed by atoms with van der Waals surface area (Å²) in [5, 5.41) is 7.39. The third kappa shape index (κ3) is 5.84. The molecule has 0 bridgehead atoms. The Labute approximate surface area is 193 Å². The number of halogens is 2. The number of nitrogens with zero attached hydrogens (tertiary/aromatic N) is 1. The third-order valence-corrected chi connectivity index (χ3v) is 6.60. The van der Waals surface area contributed by atoms with Gasteiger partial charge in [0.15, 0.2) is 0 Å². The smallest absolute Gasteiger partial charge is 0.341 e. The molecular formula is C21H21Cl2N3O4S.